The number of likely N-dealkylation sites (tertiary alicyclic amines) is 1. The van der Waals surface area contributed by atoms with Gasteiger partial charge in [-0.25, -0.2) is 4.79 Å². The third-order valence-corrected chi connectivity index (χ3v) is 4.86. The second kappa shape index (κ2) is 7.66. The van der Waals surface area contributed by atoms with E-state index >= 15 is 0 Å². The number of hydrogen-bond acceptors (Lipinski definition) is 4. The topological polar surface area (TPSA) is 55.8 Å². The number of hydrogen-bond donors (Lipinski definition) is 0. The summed E-state index contributed by atoms with van der Waals surface area (Å²) in [6.45, 7) is 1.55. The van der Waals surface area contributed by atoms with Gasteiger partial charge in [-0.1, -0.05) is 48.5 Å². The largest absolute Gasteiger partial charge is 0.488 e. The molecule has 1 fully saturated rings. The molecule has 5 heteroatoms. The number of rotatable bonds is 4. The second-order valence-corrected chi connectivity index (χ2v) is 6.72. The van der Waals surface area contributed by atoms with Crippen molar-refractivity contribution in [2.75, 3.05) is 19.7 Å². The minimum Gasteiger partial charge on any atom is -0.488 e. The highest BCUT2D eigenvalue weighted by Gasteiger charge is 2.32. The summed E-state index contributed by atoms with van der Waals surface area (Å²) in [7, 11) is 0. The van der Waals surface area contributed by atoms with Crippen LogP contribution in [0.2, 0.25) is 0 Å². The first-order valence-corrected chi connectivity index (χ1v) is 9.19. The highest BCUT2D eigenvalue weighted by molar-refractivity contribution is 5.97. The van der Waals surface area contributed by atoms with Crippen LogP contribution in [-0.4, -0.2) is 36.5 Å². The van der Waals surface area contributed by atoms with Crippen LogP contribution in [-0.2, 0) is 14.3 Å². The number of esters is 1. The molecule has 0 bridgehead atoms. The van der Waals surface area contributed by atoms with E-state index in [0.717, 1.165) is 24.2 Å². The van der Waals surface area contributed by atoms with Crippen LogP contribution in [0.15, 0.2) is 60.2 Å². The van der Waals surface area contributed by atoms with Gasteiger partial charge in [0.05, 0.1) is 5.57 Å². The van der Waals surface area contributed by atoms with Crippen molar-refractivity contribution < 1.29 is 19.1 Å². The monoisotopic (exact) mass is 363 g/mol. The lowest BCUT2D eigenvalue weighted by atomic mass is 10.1. The van der Waals surface area contributed by atoms with Crippen molar-refractivity contribution in [1.82, 2.24) is 4.90 Å². The molecule has 2 heterocycles. The van der Waals surface area contributed by atoms with E-state index in [1.807, 2.05) is 54.6 Å². The molecule has 0 aromatic heterocycles. The van der Waals surface area contributed by atoms with E-state index < -0.39 is 12.1 Å². The molecule has 0 N–H and O–H groups in total. The number of fused-ring (bicyclic) bond motifs is 1. The maximum Gasteiger partial charge on any atom is 0.338 e. The quantitative estimate of drug-likeness (QED) is 0.782. The Hall–Kier alpha value is -3.08. The highest BCUT2D eigenvalue weighted by atomic mass is 16.6. The molecular weight excluding hydrogens is 342 g/mol. The molecule has 4 rings (SSSR count). The predicted molar refractivity (Wildman–Crippen MR) is 101 cm³/mol. The Labute approximate surface area is 158 Å². The van der Waals surface area contributed by atoms with Crippen LogP contribution in [0.25, 0.3) is 6.08 Å². The molecule has 5 nitrogen and oxygen atoms in total. The molecule has 27 heavy (non-hydrogen) atoms. The van der Waals surface area contributed by atoms with Gasteiger partial charge in [-0.3, -0.25) is 4.79 Å². The molecule has 138 valence electrons. The van der Waals surface area contributed by atoms with Gasteiger partial charge in [0.15, 0.2) is 0 Å². The summed E-state index contributed by atoms with van der Waals surface area (Å²) in [6.07, 6.45) is 2.80. The molecule has 1 amide bonds. The van der Waals surface area contributed by atoms with E-state index in [9.17, 15) is 9.59 Å². The second-order valence-electron chi connectivity index (χ2n) is 6.72. The fraction of sp³-hybridized carbons (Fsp3) is 0.273. The maximum absolute atomic E-state index is 13.0. The first-order valence-electron chi connectivity index (χ1n) is 9.19. The summed E-state index contributed by atoms with van der Waals surface area (Å²) >= 11 is 0. The van der Waals surface area contributed by atoms with Gasteiger partial charge in [-0.05, 0) is 25.0 Å². The van der Waals surface area contributed by atoms with Crippen LogP contribution in [0.3, 0.4) is 0 Å². The van der Waals surface area contributed by atoms with Crippen molar-refractivity contribution in [3.8, 4) is 5.75 Å². The Balaban J connectivity index is 1.57. The van der Waals surface area contributed by atoms with Gasteiger partial charge in [0.25, 0.3) is 5.91 Å². The summed E-state index contributed by atoms with van der Waals surface area (Å²) in [4.78, 5) is 27.5. The van der Waals surface area contributed by atoms with Gasteiger partial charge < -0.3 is 14.4 Å². The molecule has 0 unspecified atom stereocenters. The summed E-state index contributed by atoms with van der Waals surface area (Å²) in [6, 6.07) is 16.7. The first kappa shape index (κ1) is 17.3. The lowest BCUT2D eigenvalue weighted by Gasteiger charge is -2.24. The SMILES string of the molecule is O=C(O[C@@H](C(=O)N1CCCC1)c1ccccc1)C1=Cc2ccccc2OC1. The van der Waals surface area contributed by atoms with Gasteiger partial charge in [-0.2, -0.15) is 0 Å². The minimum atomic E-state index is -0.935. The fourth-order valence-electron chi connectivity index (χ4n) is 3.41. The number of nitrogens with zero attached hydrogens (tertiary/aromatic N) is 1. The molecule has 0 saturated carbocycles. The molecule has 2 aromatic carbocycles. The molecule has 2 aromatic rings. The zero-order valence-corrected chi connectivity index (χ0v) is 15.0. The van der Waals surface area contributed by atoms with Crippen LogP contribution in [0, 0.1) is 0 Å². The summed E-state index contributed by atoms with van der Waals surface area (Å²) in [5, 5.41) is 0. The Bertz CT molecular complexity index is 869. The zero-order valence-electron chi connectivity index (χ0n) is 15.0. The molecule has 2 aliphatic heterocycles. The van der Waals surface area contributed by atoms with Crippen LogP contribution in [0.1, 0.15) is 30.1 Å². The van der Waals surface area contributed by atoms with Crippen molar-refractivity contribution in [2.45, 2.75) is 18.9 Å². The Kier molecular flexibility index (Phi) is 4.92. The average molecular weight is 363 g/mol. The lowest BCUT2D eigenvalue weighted by molar-refractivity contribution is -0.157. The standard InChI is InChI=1S/C22H21NO4/c24-21(23-12-6-7-13-23)20(16-8-2-1-3-9-16)27-22(25)18-14-17-10-4-5-11-19(17)26-15-18/h1-5,8-11,14,20H,6-7,12-13,15H2/t20-/m1/s1. The smallest absolute Gasteiger partial charge is 0.338 e. The Morgan fingerprint density at radius 3 is 2.44 bits per heavy atom. The van der Waals surface area contributed by atoms with Crippen molar-refractivity contribution in [1.29, 1.82) is 0 Å². The zero-order chi connectivity index (χ0) is 18.6. The Morgan fingerprint density at radius 1 is 0.963 bits per heavy atom. The number of amides is 1. The van der Waals surface area contributed by atoms with Crippen molar-refractivity contribution in [2.24, 2.45) is 0 Å². The fourth-order valence-corrected chi connectivity index (χ4v) is 3.41. The van der Waals surface area contributed by atoms with Crippen molar-refractivity contribution in [3.63, 3.8) is 0 Å². The van der Waals surface area contributed by atoms with Crippen molar-refractivity contribution in [3.05, 3.63) is 71.3 Å². The number of ether oxygens (including phenoxy) is 2. The molecule has 1 saturated heterocycles. The van der Waals surface area contributed by atoms with Gasteiger partial charge in [0.2, 0.25) is 6.10 Å². The van der Waals surface area contributed by atoms with Gasteiger partial charge >= 0.3 is 5.97 Å². The highest BCUT2D eigenvalue weighted by Crippen LogP contribution is 2.28. The Morgan fingerprint density at radius 2 is 1.67 bits per heavy atom. The summed E-state index contributed by atoms with van der Waals surface area (Å²) in [5.74, 6) is 0.0532. The van der Waals surface area contributed by atoms with E-state index in [1.165, 1.54) is 0 Å². The summed E-state index contributed by atoms with van der Waals surface area (Å²) < 4.78 is 11.3. The van der Waals surface area contributed by atoms with Crippen molar-refractivity contribution >= 4 is 18.0 Å². The molecule has 0 radical (unpaired) electrons. The van der Waals surface area contributed by atoms with Gasteiger partial charge in [-0.15, -0.1) is 0 Å². The molecule has 2 aliphatic rings. The first-order chi connectivity index (χ1) is 13.2. The van der Waals surface area contributed by atoms with E-state index in [4.69, 9.17) is 9.47 Å². The third kappa shape index (κ3) is 3.72. The maximum atomic E-state index is 13.0. The number of carbonyl (C=O) groups excluding carboxylic acids is 2. The van der Waals surface area contributed by atoms with Crippen LogP contribution < -0.4 is 4.74 Å². The minimum absolute atomic E-state index is 0.134. The van der Waals surface area contributed by atoms with Crippen LogP contribution in [0.5, 0.6) is 5.75 Å². The molecular formula is C22H21NO4. The van der Waals surface area contributed by atoms with Crippen LogP contribution >= 0.6 is 0 Å². The summed E-state index contributed by atoms with van der Waals surface area (Å²) in [5.41, 5.74) is 1.92. The third-order valence-electron chi connectivity index (χ3n) is 4.86. The lowest BCUT2D eigenvalue weighted by Crippen LogP contribution is -2.35. The van der Waals surface area contributed by atoms with E-state index in [-0.39, 0.29) is 12.5 Å². The number of carbonyl (C=O) groups is 2. The number of benzene rings is 2. The average Bonchev–Trinajstić information content (AvgIpc) is 3.26. The molecule has 0 spiro atoms. The van der Waals surface area contributed by atoms with E-state index in [1.54, 1.807) is 11.0 Å². The normalized spacial score (nSPS) is 16.7. The van der Waals surface area contributed by atoms with Crippen LogP contribution in [0.4, 0.5) is 0 Å². The predicted octanol–water partition coefficient (Wildman–Crippen LogP) is 3.37. The number of para-hydroxylation sites is 1. The molecule has 1 atom stereocenters. The van der Waals surface area contributed by atoms with Gasteiger partial charge in [0.1, 0.15) is 12.4 Å². The van der Waals surface area contributed by atoms with Gasteiger partial charge in [0, 0.05) is 24.2 Å². The van der Waals surface area contributed by atoms with E-state index in [2.05, 4.69) is 0 Å². The van der Waals surface area contributed by atoms with E-state index in [0.29, 0.717) is 24.2 Å². The molecule has 0 aliphatic carbocycles.